The number of aryl methyl sites for hydroxylation is 2. The Balaban J connectivity index is 1.97. The monoisotopic (exact) mass is 288 g/mol. The number of nitrogen functional groups attached to an aromatic ring is 1. The van der Waals surface area contributed by atoms with Crippen molar-refractivity contribution in [3.8, 4) is 0 Å². The molecule has 0 fully saturated rings. The molecule has 0 bridgehead atoms. The van der Waals surface area contributed by atoms with Crippen LogP contribution in [0.5, 0.6) is 0 Å². The molecule has 0 aliphatic carbocycles. The number of aromatic nitrogens is 4. The molecule has 0 unspecified atom stereocenters. The summed E-state index contributed by atoms with van der Waals surface area (Å²) < 4.78 is 2.06. The first-order chi connectivity index (χ1) is 9.97. The van der Waals surface area contributed by atoms with Gasteiger partial charge in [-0.3, -0.25) is 0 Å². The smallest absolute Gasteiger partial charge is 0.222 e. The van der Waals surface area contributed by atoms with Crippen LogP contribution in [-0.2, 0) is 13.5 Å². The number of hydrogen-bond donors (Lipinski definition) is 1. The van der Waals surface area contributed by atoms with Crippen LogP contribution in [0.1, 0.15) is 37.7 Å². The van der Waals surface area contributed by atoms with E-state index in [9.17, 15) is 0 Å². The van der Waals surface area contributed by atoms with Crippen LogP contribution in [0.4, 0.5) is 11.8 Å². The van der Waals surface area contributed by atoms with Crippen LogP contribution in [0, 0.1) is 0 Å². The second-order valence-electron chi connectivity index (χ2n) is 5.64. The first-order valence-corrected chi connectivity index (χ1v) is 7.29. The fourth-order valence-corrected chi connectivity index (χ4v) is 2.19. The highest BCUT2D eigenvalue weighted by Crippen LogP contribution is 2.18. The van der Waals surface area contributed by atoms with E-state index >= 15 is 0 Å². The van der Waals surface area contributed by atoms with Crippen molar-refractivity contribution in [3.63, 3.8) is 0 Å². The maximum Gasteiger partial charge on any atom is 0.222 e. The van der Waals surface area contributed by atoms with E-state index in [0.29, 0.717) is 11.9 Å². The van der Waals surface area contributed by atoms with E-state index in [0.717, 1.165) is 36.7 Å². The molecule has 2 N–H and O–H groups in total. The molecule has 2 aromatic rings. The highest BCUT2D eigenvalue weighted by Gasteiger charge is 2.10. The summed E-state index contributed by atoms with van der Waals surface area (Å²) >= 11 is 0. The number of imidazole rings is 1. The third kappa shape index (κ3) is 3.93. The van der Waals surface area contributed by atoms with Gasteiger partial charge in [0.1, 0.15) is 11.6 Å². The quantitative estimate of drug-likeness (QED) is 0.880. The predicted octanol–water partition coefficient (Wildman–Crippen LogP) is 1.98. The molecular formula is C15H24N6. The normalized spacial score (nSPS) is 11.1. The van der Waals surface area contributed by atoms with E-state index in [4.69, 9.17) is 5.73 Å². The van der Waals surface area contributed by atoms with Crippen molar-refractivity contribution in [2.75, 3.05) is 24.2 Å². The summed E-state index contributed by atoms with van der Waals surface area (Å²) in [7, 11) is 4.05. The summed E-state index contributed by atoms with van der Waals surface area (Å²) in [6.07, 6.45) is 5.77. The van der Waals surface area contributed by atoms with Gasteiger partial charge in [0.2, 0.25) is 5.95 Å². The maximum absolute atomic E-state index is 5.80. The molecule has 6 nitrogen and oxygen atoms in total. The summed E-state index contributed by atoms with van der Waals surface area (Å²) in [4.78, 5) is 15.0. The fraction of sp³-hybridized carbons (Fsp3) is 0.533. The number of rotatable bonds is 6. The van der Waals surface area contributed by atoms with Gasteiger partial charge in [-0.1, -0.05) is 13.8 Å². The Kier molecular flexibility index (Phi) is 4.77. The van der Waals surface area contributed by atoms with Crippen LogP contribution in [0.2, 0.25) is 0 Å². The molecule has 2 rings (SSSR count). The molecule has 0 atom stereocenters. The number of hydrogen-bond acceptors (Lipinski definition) is 5. The fourth-order valence-electron chi connectivity index (χ4n) is 2.19. The predicted molar refractivity (Wildman–Crippen MR) is 85.3 cm³/mol. The van der Waals surface area contributed by atoms with E-state index in [1.54, 1.807) is 0 Å². The zero-order chi connectivity index (χ0) is 15.4. The third-order valence-corrected chi connectivity index (χ3v) is 3.55. The minimum Gasteiger partial charge on any atom is -0.368 e. The highest BCUT2D eigenvalue weighted by molar-refractivity contribution is 5.43. The zero-order valence-corrected chi connectivity index (χ0v) is 13.2. The second kappa shape index (κ2) is 6.56. The second-order valence-corrected chi connectivity index (χ2v) is 5.64. The Morgan fingerprint density at radius 2 is 2.10 bits per heavy atom. The number of anilines is 2. The average molecular weight is 288 g/mol. The molecule has 2 heterocycles. The highest BCUT2D eigenvalue weighted by atomic mass is 15.2. The van der Waals surface area contributed by atoms with Gasteiger partial charge in [0, 0.05) is 45.5 Å². The van der Waals surface area contributed by atoms with E-state index in [2.05, 4.69) is 38.3 Å². The van der Waals surface area contributed by atoms with Crippen molar-refractivity contribution in [2.45, 2.75) is 32.6 Å². The standard InChI is InChI=1S/C15H24N6/c1-11(2)12-10-14(19-15(16)18-12)20(3)8-5-6-13-17-7-9-21(13)4/h7,9-11H,5-6,8H2,1-4H3,(H2,16,18,19). The van der Waals surface area contributed by atoms with Crippen molar-refractivity contribution in [3.05, 3.63) is 30.0 Å². The van der Waals surface area contributed by atoms with Crippen molar-refractivity contribution < 1.29 is 0 Å². The number of nitrogens with zero attached hydrogens (tertiary/aromatic N) is 5. The lowest BCUT2D eigenvalue weighted by Gasteiger charge is -2.19. The molecule has 0 spiro atoms. The molecule has 114 valence electrons. The van der Waals surface area contributed by atoms with Crippen LogP contribution < -0.4 is 10.6 Å². The lowest BCUT2D eigenvalue weighted by molar-refractivity contribution is 0.708. The maximum atomic E-state index is 5.80. The molecule has 2 aromatic heterocycles. The van der Waals surface area contributed by atoms with Crippen molar-refractivity contribution in [1.29, 1.82) is 0 Å². The molecule has 0 amide bonds. The molecule has 0 saturated carbocycles. The minimum atomic E-state index is 0.340. The lowest BCUT2D eigenvalue weighted by atomic mass is 10.1. The Bertz CT molecular complexity index is 590. The largest absolute Gasteiger partial charge is 0.368 e. The third-order valence-electron chi connectivity index (χ3n) is 3.55. The summed E-state index contributed by atoms with van der Waals surface area (Å²) in [5, 5.41) is 0. The van der Waals surface area contributed by atoms with E-state index < -0.39 is 0 Å². The molecular weight excluding hydrogens is 264 g/mol. The number of nitrogens with two attached hydrogens (primary N) is 1. The van der Waals surface area contributed by atoms with Crippen molar-refractivity contribution in [2.24, 2.45) is 7.05 Å². The average Bonchev–Trinajstić information content (AvgIpc) is 2.83. The van der Waals surface area contributed by atoms with Crippen molar-refractivity contribution in [1.82, 2.24) is 19.5 Å². The first-order valence-electron chi connectivity index (χ1n) is 7.29. The van der Waals surface area contributed by atoms with Crippen LogP contribution in [-0.4, -0.2) is 33.1 Å². The van der Waals surface area contributed by atoms with Gasteiger partial charge in [0.15, 0.2) is 0 Å². The SMILES string of the molecule is CC(C)c1cc(N(C)CCCc2nccn2C)nc(N)n1. The Hall–Kier alpha value is -2.11. The summed E-state index contributed by atoms with van der Waals surface area (Å²) in [5.74, 6) is 2.67. The Morgan fingerprint density at radius 3 is 2.71 bits per heavy atom. The molecule has 21 heavy (non-hydrogen) atoms. The van der Waals surface area contributed by atoms with Gasteiger partial charge in [0.25, 0.3) is 0 Å². The Morgan fingerprint density at radius 1 is 1.33 bits per heavy atom. The van der Waals surface area contributed by atoms with Gasteiger partial charge in [0.05, 0.1) is 5.69 Å². The van der Waals surface area contributed by atoms with Gasteiger partial charge in [-0.15, -0.1) is 0 Å². The molecule has 0 aliphatic heterocycles. The van der Waals surface area contributed by atoms with Gasteiger partial charge < -0.3 is 15.2 Å². The van der Waals surface area contributed by atoms with E-state index in [-0.39, 0.29) is 0 Å². The molecule has 0 radical (unpaired) electrons. The molecule has 0 aromatic carbocycles. The first kappa shape index (κ1) is 15.3. The summed E-state index contributed by atoms with van der Waals surface area (Å²) in [6, 6.07) is 2.02. The van der Waals surface area contributed by atoms with Crippen LogP contribution in [0.3, 0.4) is 0 Å². The Labute approximate surface area is 126 Å². The molecule has 0 saturated heterocycles. The molecule has 6 heteroatoms. The van der Waals surface area contributed by atoms with Gasteiger partial charge in [-0.25, -0.2) is 9.97 Å². The van der Waals surface area contributed by atoms with Crippen LogP contribution in [0.25, 0.3) is 0 Å². The summed E-state index contributed by atoms with van der Waals surface area (Å²) in [5.41, 5.74) is 6.78. The van der Waals surface area contributed by atoms with Gasteiger partial charge in [-0.05, 0) is 12.3 Å². The van der Waals surface area contributed by atoms with E-state index in [1.165, 1.54) is 0 Å². The molecule has 0 aliphatic rings. The van der Waals surface area contributed by atoms with Gasteiger partial charge >= 0.3 is 0 Å². The topological polar surface area (TPSA) is 72.9 Å². The van der Waals surface area contributed by atoms with Crippen molar-refractivity contribution >= 4 is 11.8 Å². The van der Waals surface area contributed by atoms with Gasteiger partial charge in [-0.2, -0.15) is 4.98 Å². The summed E-state index contributed by atoms with van der Waals surface area (Å²) in [6.45, 7) is 5.11. The van der Waals surface area contributed by atoms with Crippen LogP contribution in [0.15, 0.2) is 18.5 Å². The van der Waals surface area contributed by atoms with Crippen LogP contribution >= 0.6 is 0 Å². The minimum absolute atomic E-state index is 0.340. The zero-order valence-electron chi connectivity index (χ0n) is 13.2. The van der Waals surface area contributed by atoms with E-state index in [1.807, 2.05) is 32.6 Å². The lowest BCUT2D eigenvalue weighted by Crippen LogP contribution is -2.21.